The normalized spacial score (nSPS) is 16.0. The van der Waals surface area contributed by atoms with E-state index in [9.17, 15) is 19.4 Å². The maximum absolute atomic E-state index is 12.6. The average molecular weight is 536 g/mol. The van der Waals surface area contributed by atoms with E-state index in [1.54, 1.807) is 0 Å². The lowest BCUT2D eigenvalue weighted by molar-refractivity contribution is -0.870. The van der Waals surface area contributed by atoms with Gasteiger partial charge in [0.05, 0.1) is 27.7 Å². The zero-order valence-electron chi connectivity index (χ0n) is 22.8. The van der Waals surface area contributed by atoms with E-state index >= 15 is 0 Å². The smallest absolute Gasteiger partial charge is 0.268 e. The van der Waals surface area contributed by atoms with Crippen LogP contribution in [0.5, 0.6) is 0 Å². The summed E-state index contributed by atoms with van der Waals surface area (Å²) in [6.07, 6.45) is 17.1. The Morgan fingerprint density at radius 1 is 0.972 bits per heavy atom. The first-order valence-corrected chi connectivity index (χ1v) is 14.7. The van der Waals surface area contributed by atoms with Gasteiger partial charge < -0.3 is 23.5 Å². The van der Waals surface area contributed by atoms with Crippen LogP contribution in [0, 0.1) is 0 Å². The van der Waals surface area contributed by atoms with Crippen LogP contribution in [-0.4, -0.2) is 73.7 Å². The largest absolute Gasteiger partial charge is 0.756 e. The standard InChI is InChI=1S/C26H50NO8P/c1-5-6-7-8-9-10-11-12-13-14-15-16-17-18-19-20-24(29)26(25(23-28)34-30)35-36(31,32)33-22-21-27(2,3)4/h9-10,12-13,25-26,28H,5-8,11,14-23H2,1-4H3,(H-,30,31,32)/b10-9-,13-12-/t25-,26?/m0/s1. The van der Waals surface area contributed by atoms with Gasteiger partial charge in [-0.1, -0.05) is 63.3 Å². The number of quaternary nitrogens is 1. The van der Waals surface area contributed by atoms with Crippen LogP contribution in [0.2, 0.25) is 0 Å². The molecule has 2 unspecified atom stereocenters. The van der Waals surface area contributed by atoms with Gasteiger partial charge in [-0.15, -0.1) is 0 Å². The molecule has 0 aromatic heterocycles. The Balaban J connectivity index is 4.26. The number of Topliss-reactive ketones (excluding diaryl/α,β-unsaturated/α-hetero) is 1. The second kappa shape index (κ2) is 21.1. The average Bonchev–Trinajstić information content (AvgIpc) is 2.80. The molecule has 0 radical (unpaired) electrons. The lowest BCUT2D eigenvalue weighted by Crippen LogP contribution is -2.41. The highest BCUT2D eigenvalue weighted by Gasteiger charge is 2.33. The molecule has 0 aromatic carbocycles. The molecule has 0 amide bonds. The lowest BCUT2D eigenvalue weighted by atomic mass is 10.0. The van der Waals surface area contributed by atoms with Crippen molar-refractivity contribution in [2.45, 2.75) is 96.2 Å². The van der Waals surface area contributed by atoms with Gasteiger partial charge in [-0.2, -0.15) is 0 Å². The number of ketones is 1. The van der Waals surface area contributed by atoms with Crippen molar-refractivity contribution in [1.82, 2.24) is 0 Å². The predicted molar refractivity (Wildman–Crippen MR) is 140 cm³/mol. The maximum atomic E-state index is 12.6. The Bertz CT molecular complexity index is 659. The Labute approximate surface area is 218 Å². The van der Waals surface area contributed by atoms with Crippen molar-refractivity contribution in [3.63, 3.8) is 0 Å². The maximum Gasteiger partial charge on any atom is 0.268 e. The van der Waals surface area contributed by atoms with E-state index in [0.29, 0.717) is 17.4 Å². The molecule has 3 atom stereocenters. The SMILES string of the molecule is CCCCC/C=C\C/C=C\CCCCCCCC(=O)C(OP(=O)([O-])OCC[N+](C)(C)C)[C@H](CO)OO. The number of unbranched alkanes of at least 4 members (excludes halogenated alkanes) is 8. The molecule has 9 nitrogen and oxygen atoms in total. The number of hydrogen-bond donors (Lipinski definition) is 2. The first-order valence-electron chi connectivity index (χ1n) is 13.2. The number of phosphoric acid groups is 1. The van der Waals surface area contributed by atoms with E-state index in [1.807, 2.05) is 21.1 Å². The number of likely N-dealkylation sites (N-methyl/N-ethyl adjacent to an activating group) is 1. The molecule has 0 rings (SSSR count). The predicted octanol–water partition coefficient (Wildman–Crippen LogP) is 4.80. The monoisotopic (exact) mass is 535 g/mol. The van der Waals surface area contributed by atoms with Crippen LogP contribution in [0.3, 0.4) is 0 Å². The highest BCUT2D eigenvalue weighted by Crippen LogP contribution is 2.41. The van der Waals surface area contributed by atoms with Gasteiger partial charge in [-0.3, -0.25) is 14.6 Å². The van der Waals surface area contributed by atoms with Crippen LogP contribution in [0.25, 0.3) is 0 Å². The van der Waals surface area contributed by atoms with E-state index in [1.165, 1.54) is 19.3 Å². The molecule has 10 heteroatoms. The van der Waals surface area contributed by atoms with Crippen molar-refractivity contribution in [3.05, 3.63) is 24.3 Å². The van der Waals surface area contributed by atoms with Crippen molar-refractivity contribution in [3.8, 4) is 0 Å². The topological polar surface area (TPSA) is 125 Å². The molecule has 212 valence electrons. The minimum Gasteiger partial charge on any atom is -0.756 e. The number of nitrogens with zero attached hydrogens (tertiary/aromatic N) is 1. The quantitative estimate of drug-likeness (QED) is 0.0451. The number of carbonyl (C=O) groups is 1. The lowest BCUT2D eigenvalue weighted by Gasteiger charge is -2.31. The summed E-state index contributed by atoms with van der Waals surface area (Å²) in [6.45, 7) is 1.70. The molecule has 0 saturated heterocycles. The van der Waals surface area contributed by atoms with Crippen LogP contribution in [0.15, 0.2) is 24.3 Å². The van der Waals surface area contributed by atoms with E-state index in [0.717, 1.165) is 44.9 Å². The van der Waals surface area contributed by atoms with Gasteiger partial charge in [0.25, 0.3) is 7.82 Å². The number of aliphatic hydroxyl groups excluding tert-OH is 1. The van der Waals surface area contributed by atoms with Crippen molar-refractivity contribution < 1.29 is 43.0 Å². The van der Waals surface area contributed by atoms with Crippen molar-refractivity contribution in [2.24, 2.45) is 0 Å². The molecular weight excluding hydrogens is 485 g/mol. The van der Waals surface area contributed by atoms with E-state index < -0.39 is 32.4 Å². The molecule has 0 spiro atoms. The van der Waals surface area contributed by atoms with Crippen molar-refractivity contribution in [2.75, 3.05) is 40.9 Å². The highest BCUT2D eigenvalue weighted by atomic mass is 31.2. The van der Waals surface area contributed by atoms with Gasteiger partial charge in [0.15, 0.2) is 11.9 Å². The van der Waals surface area contributed by atoms with E-state index in [2.05, 4.69) is 36.1 Å². The van der Waals surface area contributed by atoms with Crippen LogP contribution >= 0.6 is 7.82 Å². The summed E-state index contributed by atoms with van der Waals surface area (Å²) in [5, 5.41) is 18.4. The van der Waals surface area contributed by atoms with Crippen LogP contribution in [0.1, 0.15) is 84.0 Å². The second-order valence-electron chi connectivity index (χ2n) is 10.1. The fourth-order valence-electron chi connectivity index (χ4n) is 3.37. The summed E-state index contributed by atoms with van der Waals surface area (Å²) in [5.74, 6) is -0.569. The number of phosphoric ester groups is 1. The minimum atomic E-state index is -4.84. The van der Waals surface area contributed by atoms with Crippen LogP contribution in [-0.2, 0) is 23.3 Å². The molecule has 0 saturated carbocycles. The van der Waals surface area contributed by atoms with Gasteiger partial charge in [-0.25, -0.2) is 4.89 Å². The van der Waals surface area contributed by atoms with Crippen LogP contribution in [0.4, 0.5) is 0 Å². The van der Waals surface area contributed by atoms with Gasteiger partial charge in [0.2, 0.25) is 0 Å². The number of hydrogen-bond acceptors (Lipinski definition) is 8. The Hall–Kier alpha value is -0.900. The molecule has 0 heterocycles. The highest BCUT2D eigenvalue weighted by molar-refractivity contribution is 7.45. The van der Waals surface area contributed by atoms with Gasteiger partial charge in [0.1, 0.15) is 19.3 Å². The van der Waals surface area contributed by atoms with Crippen molar-refractivity contribution >= 4 is 13.6 Å². The number of aliphatic hydroxyl groups is 1. The van der Waals surface area contributed by atoms with Gasteiger partial charge in [-0.05, 0) is 38.5 Å². The first-order chi connectivity index (χ1) is 17.1. The third-order valence-electron chi connectivity index (χ3n) is 5.60. The number of allylic oxidation sites excluding steroid dienone is 4. The Kier molecular flexibility index (Phi) is 20.6. The molecule has 0 aliphatic heterocycles. The summed E-state index contributed by atoms with van der Waals surface area (Å²) in [6, 6.07) is 0. The summed E-state index contributed by atoms with van der Waals surface area (Å²) in [7, 11) is 0.786. The Morgan fingerprint density at radius 2 is 1.56 bits per heavy atom. The van der Waals surface area contributed by atoms with Gasteiger partial charge in [0, 0.05) is 6.42 Å². The molecule has 0 bridgehead atoms. The molecule has 0 aliphatic rings. The molecule has 2 N–H and O–H groups in total. The van der Waals surface area contributed by atoms with E-state index in [-0.39, 0.29) is 13.0 Å². The first kappa shape index (κ1) is 35.1. The molecule has 36 heavy (non-hydrogen) atoms. The zero-order valence-corrected chi connectivity index (χ0v) is 23.7. The summed E-state index contributed by atoms with van der Waals surface area (Å²) < 4.78 is 22.4. The third-order valence-corrected chi connectivity index (χ3v) is 6.58. The summed E-state index contributed by atoms with van der Waals surface area (Å²) in [4.78, 5) is 28.9. The number of carbonyl (C=O) groups excluding carboxylic acids is 1. The zero-order chi connectivity index (χ0) is 27.3. The summed E-state index contributed by atoms with van der Waals surface area (Å²) >= 11 is 0. The fourth-order valence-corrected chi connectivity index (χ4v) is 4.26. The fraction of sp³-hybridized carbons (Fsp3) is 0.808. The summed E-state index contributed by atoms with van der Waals surface area (Å²) in [5.41, 5.74) is 0. The van der Waals surface area contributed by atoms with Crippen LogP contribution < -0.4 is 4.89 Å². The number of rotatable bonds is 24. The molecular formula is C26H50NO8P. The second-order valence-corrected chi connectivity index (χ2v) is 11.5. The minimum absolute atomic E-state index is 0.0495. The molecule has 0 aliphatic carbocycles. The van der Waals surface area contributed by atoms with Crippen molar-refractivity contribution in [1.29, 1.82) is 0 Å². The molecule has 0 aromatic rings. The van der Waals surface area contributed by atoms with Gasteiger partial charge >= 0.3 is 0 Å². The third kappa shape index (κ3) is 20.2. The Morgan fingerprint density at radius 3 is 2.11 bits per heavy atom. The van der Waals surface area contributed by atoms with E-state index in [4.69, 9.17) is 14.3 Å². The molecule has 0 fully saturated rings.